The number of ether oxygens (including phenoxy) is 3. The van der Waals surface area contributed by atoms with Crippen LogP contribution in [0.1, 0.15) is 39.4 Å². The number of benzene rings is 1. The molecule has 0 bridgehead atoms. The van der Waals surface area contributed by atoms with Gasteiger partial charge in [-0.25, -0.2) is 0 Å². The molecule has 0 saturated heterocycles. The number of carbonyl (C=O) groups is 1. The summed E-state index contributed by atoms with van der Waals surface area (Å²) in [6, 6.07) is 5.63. The molecule has 4 nitrogen and oxygen atoms in total. The van der Waals surface area contributed by atoms with Crippen molar-refractivity contribution in [1.82, 2.24) is 0 Å². The molecule has 1 aromatic carbocycles. The van der Waals surface area contributed by atoms with Crippen LogP contribution in [-0.2, 0) is 9.53 Å². The number of hydrogen-bond acceptors (Lipinski definition) is 4. The average molecular weight is 250 g/mol. The molecule has 2 rings (SSSR count). The molecule has 4 heteroatoms. The van der Waals surface area contributed by atoms with E-state index in [1.54, 1.807) is 0 Å². The lowest BCUT2D eigenvalue weighted by molar-refractivity contribution is -0.152. The zero-order chi connectivity index (χ0) is 13.3. The van der Waals surface area contributed by atoms with E-state index in [0.29, 0.717) is 5.75 Å². The number of rotatable bonds is 2. The van der Waals surface area contributed by atoms with Gasteiger partial charge in [-0.3, -0.25) is 4.79 Å². The van der Waals surface area contributed by atoms with E-state index >= 15 is 0 Å². The van der Waals surface area contributed by atoms with Crippen molar-refractivity contribution in [3.8, 4) is 11.5 Å². The van der Waals surface area contributed by atoms with E-state index in [1.165, 1.54) is 6.92 Å². The van der Waals surface area contributed by atoms with E-state index in [2.05, 4.69) is 0 Å². The molecule has 1 heterocycles. The molecule has 18 heavy (non-hydrogen) atoms. The molecule has 1 aliphatic heterocycles. The van der Waals surface area contributed by atoms with Gasteiger partial charge in [-0.2, -0.15) is 0 Å². The zero-order valence-corrected chi connectivity index (χ0v) is 11.1. The van der Waals surface area contributed by atoms with E-state index in [-0.39, 0.29) is 24.3 Å². The van der Waals surface area contributed by atoms with Crippen LogP contribution in [0.3, 0.4) is 0 Å². The molecule has 0 radical (unpaired) electrons. The maximum Gasteiger partial charge on any atom is 0.303 e. The maximum atomic E-state index is 11.2. The molecule has 98 valence electrons. The molecule has 1 atom stereocenters. The third-order valence-corrected chi connectivity index (χ3v) is 2.77. The van der Waals surface area contributed by atoms with Crippen LogP contribution in [0.4, 0.5) is 0 Å². The summed E-state index contributed by atoms with van der Waals surface area (Å²) < 4.78 is 16.0. The summed E-state index contributed by atoms with van der Waals surface area (Å²) in [4.78, 5) is 11.2. The van der Waals surface area contributed by atoms with Crippen LogP contribution < -0.4 is 9.47 Å². The van der Waals surface area contributed by atoms with Gasteiger partial charge in [0.1, 0.15) is 6.10 Å². The number of esters is 1. The van der Waals surface area contributed by atoms with Crippen LogP contribution in [-0.4, -0.2) is 12.8 Å². The first-order valence-electron chi connectivity index (χ1n) is 5.94. The molecule has 0 fully saturated rings. The third-order valence-electron chi connectivity index (χ3n) is 2.77. The second-order valence-corrected chi connectivity index (χ2v) is 5.47. The Bertz CT molecular complexity index is 459. The summed E-state index contributed by atoms with van der Waals surface area (Å²) in [7, 11) is 0. The summed E-state index contributed by atoms with van der Waals surface area (Å²) >= 11 is 0. The van der Waals surface area contributed by atoms with Gasteiger partial charge in [0.15, 0.2) is 11.5 Å². The van der Waals surface area contributed by atoms with Gasteiger partial charge in [0, 0.05) is 12.3 Å². The van der Waals surface area contributed by atoms with Crippen LogP contribution in [0.25, 0.3) is 0 Å². The highest BCUT2D eigenvalue weighted by atomic mass is 16.7. The minimum Gasteiger partial charge on any atom is -0.457 e. The molecule has 0 spiro atoms. The molecule has 0 unspecified atom stereocenters. The highest BCUT2D eigenvalue weighted by molar-refractivity contribution is 5.66. The fourth-order valence-corrected chi connectivity index (χ4v) is 1.99. The Kier molecular flexibility index (Phi) is 3.20. The fraction of sp³-hybridized carbons (Fsp3) is 0.500. The zero-order valence-electron chi connectivity index (χ0n) is 11.1. The van der Waals surface area contributed by atoms with Gasteiger partial charge in [-0.05, 0) is 17.7 Å². The third kappa shape index (κ3) is 2.58. The standard InChI is InChI=1S/C14H18O4/c1-9(15)18-13(14(2,3)4)10-5-6-11-12(7-10)17-8-16-11/h5-7,13H,8H2,1-4H3/t13-/m0/s1. The highest BCUT2D eigenvalue weighted by Gasteiger charge is 2.30. The lowest BCUT2D eigenvalue weighted by Gasteiger charge is -2.30. The minimum atomic E-state index is -0.301. The Labute approximate surface area is 107 Å². The summed E-state index contributed by atoms with van der Waals surface area (Å²) in [6.45, 7) is 7.76. The summed E-state index contributed by atoms with van der Waals surface area (Å²) in [5.41, 5.74) is 0.737. The maximum absolute atomic E-state index is 11.2. The molecule has 0 aromatic heterocycles. The van der Waals surface area contributed by atoms with Gasteiger partial charge in [-0.15, -0.1) is 0 Å². The number of fused-ring (bicyclic) bond motifs is 1. The van der Waals surface area contributed by atoms with Crippen molar-refractivity contribution in [2.24, 2.45) is 5.41 Å². The fourth-order valence-electron chi connectivity index (χ4n) is 1.99. The topological polar surface area (TPSA) is 44.8 Å². The summed E-state index contributed by atoms with van der Waals surface area (Å²) in [5.74, 6) is 1.15. The van der Waals surface area contributed by atoms with Crippen molar-refractivity contribution in [3.63, 3.8) is 0 Å². The Morgan fingerprint density at radius 1 is 1.28 bits per heavy atom. The lowest BCUT2D eigenvalue weighted by Crippen LogP contribution is -2.23. The summed E-state index contributed by atoms with van der Waals surface area (Å²) in [5, 5.41) is 0. The predicted molar refractivity (Wildman–Crippen MR) is 66.5 cm³/mol. The molecule has 0 amide bonds. The molecule has 0 N–H and O–H groups in total. The van der Waals surface area contributed by atoms with Gasteiger partial charge in [-0.1, -0.05) is 26.8 Å². The first-order valence-corrected chi connectivity index (χ1v) is 5.94. The van der Waals surface area contributed by atoms with Crippen molar-refractivity contribution in [2.45, 2.75) is 33.8 Å². The lowest BCUT2D eigenvalue weighted by atomic mass is 9.84. The van der Waals surface area contributed by atoms with Gasteiger partial charge < -0.3 is 14.2 Å². The molecular weight excluding hydrogens is 232 g/mol. The predicted octanol–water partition coefficient (Wildman–Crippen LogP) is 3.07. The van der Waals surface area contributed by atoms with E-state index in [0.717, 1.165) is 11.3 Å². The monoisotopic (exact) mass is 250 g/mol. The Hall–Kier alpha value is -1.71. The Morgan fingerprint density at radius 2 is 1.94 bits per heavy atom. The molecule has 1 aliphatic rings. The van der Waals surface area contributed by atoms with E-state index < -0.39 is 0 Å². The van der Waals surface area contributed by atoms with Crippen molar-refractivity contribution >= 4 is 5.97 Å². The van der Waals surface area contributed by atoms with Crippen LogP contribution >= 0.6 is 0 Å². The molecule has 0 aliphatic carbocycles. The largest absolute Gasteiger partial charge is 0.457 e. The number of hydrogen-bond donors (Lipinski definition) is 0. The van der Waals surface area contributed by atoms with Crippen LogP contribution in [0.5, 0.6) is 11.5 Å². The second kappa shape index (κ2) is 4.52. The van der Waals surface area contributed by atoms with Gasteiger partial charge >= 0.3 is 5.97 Å². The first kappa shape index (κ1) is 12.7. The Morgan fingerprint density at radius 3 is 2.56 bits per heavy atom. The van der Waals surface area contributed by atoms with Crippen molar-refractivity contribution in [1.29, 1.82) is 0 Å². The van der Waals surface area contributed by atoms with E-state index in [4.69, 9.17) is 14.2 Å². The van der Waals surface area contributed by atoms with Crippen molar-refractivity contribution in [3.05, 3.63) is 23.8 Å². The van der Waals surface area contributed by atoms with Crippen LogP contribution in [0.2, 0.25) is 0 Å². The van der Waals surface area contributed by atoms with Crippen molar-refractivity contribution in [2.75, 3.05) is 6.79 Å². The smallest absolute Gasteiger partial charge is 0.303 e. The SMILES string of the molecule is CC(=O)O[C@@H](c1ccc2c(c1)OCO2)C(C)(C)C. The van der Waals surface area contributed by atoms with E-state index in [1.807, 2.05) is 39.0 Å². The average Bonchev–Trinajstić information content (AvgIpc) is 2.70. The van der Waals surface area contributed by atoms with E-state index in [9.17, 15) is 4.79 Å². The number of carbonyl (C=O) groups excluding carboxylic acids is 1. The first-order chi connectivity index (χ1) is 8.38. The van der Waals surface area contributed by atoms with Crippen molar-refractivity contribution < 1.29 is 19.0 Å². The molecule has 0 saturated carbocycles. The molecular formula is C14H18O4. The van der Waals surface area contributed by atoms with Crippen LogP contribution in [0.15, 0.2) is 18.2 Å². The highest BCUT2D eigenvalue weighted by Crippen LogP contribution is 2.41. The summed E-state index contributed by atoms with van der Waals surface area (Å²) in [6.07, 6.45) is -0.301. The van der Waals surface area contributed by atoms with Gasteiger partial charge in [0.2, 0.25) is 6.79 Å². The van der Waals surface area contributed by atoms with Crippen LogP contribution in [0, 0.1) is 5.41 Å². The minimum absolute atomic E-state index is 0.181. The van der Waals surface area contributed by atoms with Gasteiger partial charge in [0.05, 0.1) is 0 Å². The van der Waals surface area contributed by atoms with Gasteiger partial charge in [0.25, 0.3) is 0 Å². The Balaban J connectivity index is 2.33. The molecule has 1 aromatic rings. The normalized spacial score (nSPS) is 15.3. The quantitative estimate of drug-likeness (QED) is 0.757. The second-order valence-electron chi connectivity index (χ2n) is 5.47.